The van der Waals surface area contributed by atoms with Crippen molar-refractivity contribution in [2.45, 2.75) is 0 Å². The van der Waals surface area contributed by atoms with Gasteiger partial charge in [-0.25, -0.2) is 0 Å². The van der Waals surface area contributed by atoms with Gasteiger partial charge in [0.25, 0.3) is 5.91 Å². The summed E-state index contributed by atoms with van der Waals surface area (Å²) >= 11 is 4.52. The number of nitrogens with one attached hydrogen (secondary N) is 1. The highest BCUT2D eigenvalue weighted by molar-refractivity contribution is 9.10. The van der Waals surface area contributed by atoms with Crippen LogP contribution in [0, 0.1) is 0 Å². The molecular formula is C10H6BrN5OS. The molecule has 0 radical (unpaired) electrons. The summed E-state index contributed by atoms with van der Waals surface area (Å²) in [5.74, 6) is -0.257. The lowest BCUT2D eigenvalue weighted by atomic mass is 10.3. The van der Waals surface area contributed by atoms with Gasteiger partial charge in [-0.1, -0.05) is 27.3 Å². The number of rotatable bonds is 2. The predicted octanol–water partition coefficient (Wildman–Crippen LogP) is 2.20. The highest BCUT2D eigenvalue weighted by atomic mass is 79.9. The monoisotopic (exact) mass is 323 g/mol. The zero-order chi connectivity index (χ0) is 12.5. The van der Waals surface area contributed by atoms with Crippen LogP contribution < -0.4 is 5.32 Å². The number of fused-ring (bicyclic) bond motifs is 1. The second-order valence-corrected chi connectivity index (χ2v) is 5.30. The number of carbonyl (C=O) groups is 1. The van der Waals surface area contributed by atoms with Gasteiger partial charge in [-0.2, -0.15) is 4.52 Å². The van der Waals surface area contributed by atoms with Crippen molar-refractivity contribution >= 4 is 43.8 Å². The van der Waals surface area contributed by atoms with Gasteiger partial charge in [-0.15, -0.1) is 15.3 Å². The maximum absolute atomic E-state index is 11.9. The fourth-order valence-electron chi connectivity index (χ4n) is 1.37. The van der Waals surface area contributed by atoms with Crippen LogP contribution in [0.3, 0.4) is 0 Å². The molecule has 18 heavy (non-hydrogen) atoms. The van der Waals surface area contributed by atoms with Gasteiger partial charge in [0.15, 0.2) is 0 Å². The number of anilines is 1. The molecule has 3 rings (SSSR count). The third-order valence-corrected chi connectivity index (χ3v) is 3.62. The molecule has 0 unspecified atom stereocenters. The summed E-state index contributed by atoms with van der Waals surface area (Å²) in [7, 11) is 0. The van der Waals surface area contributed by atoms with Gasteiger partial charge in [-0.05, 0) is 24.3 Å². The summed E-state index contributed by atoms with van der Waals surface area (Å²) in [6.07, 6.45) is 1.46. The van der Waals surface area contributed by atoms with Crippen molar-refractivity contribution in [3.8, 4) is 0 Å². The van der Waals surface area contributed by atoms with Crippen LogP contribution in [0.25, 0.3) is 4.96 Å². The molecule has 0 aliphatic heterocycles. The Morgan fingerprint density at radius 1 is 1.33 bits per heavy atom. The normalized spacial score (nSPS) is 10.7. The van der Waals surface area contributed by atoms with E-state index < -0.39 is 0 Å². The minimum absolute atomic E-state index is 0.257. The van der Waals surface area contributed by atoms with E-state index in [0.717, 1.165) is 4.47 Å². The van der Waals surface area contributed by atoms with Crippen LogP contribution in [0.2, 0.25) is 0 Å². The van der Waals surface area contributed by atoms with Crippen LogP contribution in [0.4, 0.5) is 5.69 Å². The average molecular weight is 324 g/mol. The molecule has 3 aromatic rings. The van der Waals surface area contributed by atoms with Crippen LogP contribution in [0.15, 0.2) is 35.1 Å². The number of nitrogens with zero attached hydrogens (tertiary/aromatic N) is 4. The lowest BCUT2D eigenvalue weighted by Gasteiger charge is -2.01. The maximum Gasteiger partial charge on any atom is 0.286 e. The third-order valence-electron chi connectivity index (χ3n) is 2.18. The number of amides is 1. The van der Waals surface area contributed by atoms with Gasteiger partial charge in [0.2, 0.25) is 9.97 Å². The summed E-state index contributed by atoms with van der Waals surface area (Å²) in [4.78, 5) is 12.5. The first-order valence-electron chi connectivity index (χ1n) is 4.96. The lowest BCUT2D eigenvalue weighted by Crippen LogP contribution is -2.11. The molecule has 2 aromatic heterocycles. The molecule has 1 aromatic carbocycles. The molecule has 0 saturated carbocycles. The van der Waals surface area contributed by atoms with E-state index in [1.807, 2.05) is 24.3 Å². The second kappa shape index (κ2) is 4.46. The first kappa shape index (κ1) is 11.3. The molecule has 90 valence electrons. The fourth-order valence-corrected chi connectivity index (χ4v) is 2.35. The molecule has 6 nitrogen and oxygen atoms in total. The Balaban J connectivity index is 1.82. The number of hydrogen-bond acceptors (Lipinski definition) is 5. The number of hydrogen-bond donors (Lipinski definition) is 1. The van der Waals surface area contributed by atoms with Crippen molar-refractivity contribution in [3.63, 3.8) is 0 Å². The van der Waals surface area contributed by atoms with Gasteiger partial charge in [0.1, 0.15) is 6.33 Å². The van der Waals surface area contributed by atoms with Crippen molar-refractivity contribution in [2.75, 3.05) is 5.32 Å². The number of aromatic nitrogens is 4. The molecule has 8 heteroatoms. The van der Waals surface area contributed by atoms with E-state index in [9.17, 15) is 4.79 Å². The SMILES string of the molecule is O=C(Nc1ccc(Br)cc1)c1nn2cnnc2s1. The first-order valence-corrected chi connectivity index (χ1v) is 6.57. The Labute approximate surface area is 114 Å². The van der Waals surface area contributed by atoms with Crippen molar-refractivity contribution in [2.24, 2.45) is 0 Å². The molecule has 1 N–H and O–H groups in total. The van der Waals surface area contributed by atoms with E-state index in [-0.39, 0.29) is 5.91 Å². The standard InChI is InChI=1S/C10H6BrN5OS/c11-6-1-3-7(4-2-6)13-8(17)9-15-16-5-12-14-10(16)18-9/h1-5H,(H,13,17). The summed E-state index contributed by atoms with van der Waals surface area (Å²) in [5.41, 5.74) is 0.717. The van der Waals surface area contributed by atoms with Crippen molar-refractivity contribution in [1.82, 2.24) is 19.8 Å². The maximum atomic E-state index is 11.9. The second-order valence-electron chi connectivity index (χ2n) is 3.43. The molecule has 0 fully saturated rings. The molecule has 0 aliphatic rings. The zero-order valence-corrected chi connectivity index (χ0v) is 11.3. The molecule has 0 saturated heterocycles. The van der Waals surface area contributed by atoms with Crippen molar-refractivity contribution in [3.05, 3.63) is 40.1 Å². The van der Waals surface area contributed by atoms with Crippen molar-refractivity contribution < 1.29 is 4.79 Å². The third kappa shape index (κ3) is 2.12. The molecule has 0 aliphatic carbocycles. The first-order chi connectivity index (χ1) is 8.72. The number of benzene rings is 1. The van der Waals surface area contributed by atoms with Gasteiger partial charge in [0.05, 0.1) is 0 Å². The van der Waals surface area contributed by atoms with Gasteiger partial charge >= 0.3 is 0 Å². The molecular weight excluding hydrogens is 318 g/mol. The Bertz CT molecular complexity index is 676. The highest BCUT2D eigenvalue weighted by Crippen LogP contribution is 2.17. The van der Waals surface area contributed by atoms with E-state index in [1.165, 1.54) is 22.2 Å². The van der Waals surface area contributed by atoms with Gasteiger partial charge < -0.3 is 5.32 Å². The predicted molar refractivity (Wildman–Crippen MR) is 70.8 cm³/mol. The molecule has 0 atom stereocenters. The smallest absolute Gasteiger partial charge is 0.286 e. The minimum Gasteiger partial charge on any atom is -0.320 e. The summed E-state index contributed by atoms with van der Waals surface area (Å²) in [6, 6.07) is 7.33. The van der Waals surface area contributed by atoms with Crippen LogP contribution in [0.1, 0.15) is 9.80 Å². The molecule has 0 bridgehead atoms. The summed E-state index contributed by atoms with van der Waals surface area (Å²) in [5, 5.41) is 14.7. The minimum atomic E-state index is -0.257. The Hall–Kier alpha value is -1.80. The van der Waals surface area contributed by atoms with Gasteiger partial charge in [-0.3, -0.25) is 4.79 Å². The van der Waals surface area contributed by atoms with Crippen LogP contribution >= 0.6 is 27.3 Å². The molecule has 1 amide bonds. The fraction of sp³-hybridized carbons (Fsp3) is 0. The quantitative estimate of drug-likeness (QED) is 0.784. The topological polar surface area (TPSA) is 72.2 Å². The Morgan fingerprint density at radius 2 is 2.11 bits per heavy atom. The molecule has 2 heterocycles. The lowest BCUT2D eigenvalue weighted by molar-refractivity contribution is 0.102. The highest BCUT2D eigenvalue weighted by Gasteiger charge is 2.13. The van der Waals surface area contributed by atoms with E-state index >= 15 is 0 Å². The summed E-state index contributed by atoms with van der Waals surface area (Å²) < 4.78 is 2.43. The largest absolute Gasteiger partial charge is 0.320 e. The molecule has 0 spiro atoms. The summed E-state index contributed by atoms with van der Waals surface area (Å²) in [6.45, 7) is 0. The van der Waals surface area contributed by atoms with Crippen LogP contribution in [0.5, 0.6) is 0 Å². The van der Waals surface area contributed by atoms with E-state index in [0.29, 0.717) is 15.7 Å². The van der Waals surface area contributed by atoms with Crippen molar-refractivity contribution in [1.29, 1.82) is 0 Å². The number of halogens is 1. The van der Waals surface area contributed by atoms with E-state index in [1.54, 1.807) is 0 Å². The van der Waals surface area contributed by atoms with Crippen LogP contribution in [-0.4, -0.2) is 25.7 Å². The van der Waals surface area contributed by atoms with E-state index in [2.05, 4.69) is 36.5 Å². The Morgan fingerprint density at radius 3 is 2.83 bits per heavy atom. The van der Waals surface area contributed by atoms with Gasteiger partial charge in [0, 0.05) is 10.2 Å². The van der Waals surface area contributed by atoms with E-state index in [4.69, 9.17) is 0 Å². The average Bonchev–Trinajstić information content (AvgIpc) is 2.92. The van der Waals surface area contributed by atoms with Crippen LogP contribution in [-0.2, 0) is 0 Å². The zero-order valence-electron chi connectivity index (χ0n) is 8.87. The Kier molecular flexibility index (Phi) is 2.80. The number of carbonyl (C=O) groups excluding carboxylic acids is 1.